The first kappa shape index (κ1) is 96.4. The molecule has 13 aromatic carbocycles. The van der Waals surface area contributed by atoms with Crippen molar-refractivity contribution in [3.63, 3.8) is 0 Å². The number of imide groups is 1. The molecule has 20 aromatic rings. The average Bonchev–Trinajstić information content (AvgIpc) is 1.58. The Morgan fingerprint density at radius 1 is 0.424 bits per heavy atom. The average molecular weight is 2020 g/mol. The molecule has 144 heavy (non-hydrogen) atoms. The molecule has 13 N–H and O–H groups in total. The molecule has 0 bridgehead atoms. The van der Waals surface area contributed by atoms with Crippen molar-refractivity contribution in [2.45, 2.75) is 52.4 Å². The molecule has 0 fully saturated rings. The van der Waals surface area contributed by atoms with E-state index in [1.54, 1.807) is 198 Å². The zero-order valence-corrected chi connectivity index (χ0v) is 81.0. The van der Waals surface area contributed by atoms with Crippen LogP contribution < -0.4 is 76.7 Å². The van der Waals surface area contributed by atoms with E-state index in [1.165, 1.54) is 4.57 Å². The number of carbonyl (C=O) groups is 6. The lowest BCUT2D eigenvalue weighted by Gasteiger charge is -2.27. The maximum Gasteiger partial charge on any atom is 0.354 e. The van der Waals surface area contributed by atoms with Gasteiger partial charge in [-0.2, -0.15) is 0 Å². The number of amides is 5. The predicted molar refractivity (Wildman–Crippen MR) is 570 cm³/mol. The van der Waals surface area contributed by atoms with Crippen LogP contribution in [0.15, 0.2) is 337 Å². The van der Waals surface area contributed by atoms with E-state index in [1.807, 2.05) is 159 Å². The molecule has 720 valence electrons. The fourth-order valence-corrected chi connectivity index (χ4v) is 19.1. The first-order valence-corrected chi connectivity index (χ1v) is 47.1. The maximum atomic E-state index is 14.0. The van der Waals surface area contributed by atoms with Crippen LogP contribution in [-0.2, 0) is 44.3 Å². The second kappa shape index (κ2) is 40.5. The summed E-state index contributed by atoms with van der Waals surface area (Å²) in [6.07, 6.45) is 0.657. The van der Waals surface area contributed by atoms with E-state index in [0.29, 0.717) is 133 Å². The molecule has 1 aliphatic heterocycles. The number of aromatic carboxylic acids is 1. The molecule has 0 spiro atoms. The number of aromatic nitrogens is 10. The van der Waals surface area contributed by atoms with E-state index in [9.17, 15) is 62.6 Å². The number of para-hydroxylation sites is 4. The Morgan fingerprint density at radius 2 is 0.826 bits per heavy atom. The number of rotatable bonds is 20. The summed E-state index contributed by atoms with van der Waals surface area (Å²) in [5.41, 5.74) is 27.3. The van der Waals surface area contributed by atoms with Crippen molar-refractivity contribution < 1.29 is 33.9 Å². The molecular weight excluding hydrogens is 1930 g/mol. The van der Waals surface area contributed by atoms with Crippen molar-refractivity contribution in [3.8, 4) is 17.1 Å². The van der Waals surface area contributed by atoms with Crippen LogP contribution in [-0.4, -0.2) is 114 Å². The first-order valence-electron chi connectivity index (χ1n) is 45.6. The molecule has 7 aromatic heterocycles. The van der Waals surface area contributed by atoms with Crippen molar-refractivity contribution in [2.24, 2.45) is 7.05 Å². The number of halogens is 3. The molecule has 0 radical (unpaired) electrons. The van der Waals surface area contributed by atoms with E-state index >= 15 is 0 Å². The van der Waals surface area contributed by atoms with Crippen molar-refractivity contribution in [1.82, 2.24) is 57.6 Å². The highest BCUT2D eigenvalue weighted by Gasteiger charge is 2.39. The van der Waals surface area contributed by atoms with Gasteiger partial charge in [0.25, 0.3) is 40.3 Å². The molecule has 0 saturated heterocycles. The van der Waals surface area contributed by atoms with Gasteiger partial charge in [0.2, 0.25) is 5.91 Å². The number of nitrogens with zero attached hydrogens (tertiary/aromatic N) is 9. The Bertz CT molecular complexity index is 9020. The SMILES string of the molecule is CC(C)NC(=O)c1c(-n2c(=O)[nH]c3ccccc3c2=O)c2cc(Cl)ccc2n1Cc1cccc(N)c1.CN(C)c1ccc2c(c1)c(N1C(=O)Cc3ccccc3C1=O)c(C(=O)O)n2C.Nc1cccc(Cn2c(C(=O)NCCc3ccccc3)c(-n3c(=O)[nH]c4ccccc4c3=O)c3cc(Cl)ccc32)c1.Nc1cccc(Cn2c(C(=O)Nc3ccccc3)c(-n3c(=O)[nH]c4ccccc4c3=O)c3cc(Br)ccc32)c1. The lowest BCUT2D eigenvalue weighted by molar-refractivity contribution is -0.117. The van der Waals surface area contributed by atoms with Crippen LogP contribution >= 0.6 is 39.1 Å². The van der Waals surface area contributed by atoms with Gasteiger partial charge in [-0.15, -0.1) is 0 Å². The highest BCUT2D eigenvalue weighted by atomic mass is 79.9. The molecule has 0 atom stereocenters. The van der Waals surface area contributed by atoms with Crippen LogP contribution in [0.1, 0.15) is 94.0 Å². The van der Waals surface area contributed by atoms with Gasteiger partial charge >= 0.3 is 23.0 Å². The van der Waals surface area contributed by atoms with Gasteiger partial charge in [0.15, 0.2) is 5.69 Å². The van der Waals surface area contributed by atoms with Gasteiger partial charge < -0.3 is 76.4 Å². The number of anilines is 6. The first-order chi connectivity index (χ1) is 69.4. The van der Waals surface area contributed by atoms with Crippen LogP contribution in [0.5, 0.6) is 0 Å². The third kappa shape index (κ3) is 19.1. The predicted octanol–water partition coefficient (Wildman–Crippen LogP) is 16.9. The second-order valence-corrected chi connectivity index (χ2v) is 36.7. The van der Waals surface area contributed by atoms with Crippen LogP contribution in [0, 0.1) is 0 Å². The zero-order valence-electron chi connectivity index (χ0n) is 77.9. The number of carboxylic acids is 1. The molecule has 5 amide bonds. The zero-order chi connectivity index (χ0) is 101. The molecule has 31 nitrogen and oxygen atoms in total. The Hall–Kier alpha value is -17.9. The molecule has 0 unspecified atom stereocenters. The Morgan fingerprint density at radius 3 is 1.28 bits per heavy atom. The summed E-state index contributed by atoms with van der Waals surface area (Å²) in [4.78, 5) is 173. The molecule has 0 saturated carbocycles. The second-order valence-electron chi connectivity index (χ2n) is 34.9. The number of benzene rings is 13. The summed E-state index contributed by atoms with van der Waals surface area (Å²) in [5, 5.41) is 22.6. The van der Waals surface area contributed by atoms with Gasteiger partial charge in [0.05, 0.1) is 83.9 Å². The number of aromatic amines is 3. The summed E-state index contributed by atoms with van der Waals surface area (Å²) < 4.78 is 10.7. The van der Waals surface area contributed by atoms with E-state index in [0.717, 1.165) is 51.0 Å². The molecule has 21 rings (SSSR count). The summed E-state index contributed by atoms with van der Waals surface area (Å²) >= 11 is 16.3. The van der Waals surface area contributed by atoms with E-state index in [2.05, 4.69) is 46.8 Å². The number of nitrogen functional groups attached to an aromatic ring is 3. The monoisotopic (exact) mass is 2020 g/mol. The quantitative estimate of drug-likeness (QED) is 0.0250. The minimum absolute atomic E-state index is 0.0464. The summed E-state index contributed by atoms with van der Waals surface area (Å²) in [6, 6.07) is 89.3. The topological polar surface area (TPSA) is 428 Å². The van der Waals surface area contributed by atoms with Gasteiger partial charge in [0.1, 0.15) is 17.1 Å². The number of aryl methyl sites for hydroxylation is 1. The van der Waals surface area contributed by atoms with Crippen LogP contribution in [0.25, 0.3) is 93.4 Å². The minimum Gasteiger partial charge on any atom is -0.477 e. The highest BCUT2D eigenvalue weighted by Crippen LogP contribution is 2.41. The lowest BCUT2D eigenvalue weighted by Crippen LogP contribution is -2.43. The Labute approximate surface area is 836 Å². The van der Waals surface area contributed by atoms with Gasteiger partial charge in [-0.05, 0) is 212 Å². The van der Waals surface area contributed by atoms with Crippen molar-refractivity contribution in [2.75, 3.05) is 53.0 Å². The number of hydrogen-bond acceptors (Lipinski definition) is 16. The van der Waals surface area contributed by atoms with Gasteiger partial charge in [-0.25, -0.2) is 37.8 Å². The smallest absolute Gasteiger partial charge is 0.354 e. The van der Waals surface area contributed by atoms with E-state index < -0.39 is 69.3 Å². The Kier molecular flexibility index (Phi) is 27.1. The van der Waals surface area contributed by atoms with Crippen LogP contribution in [0.4, 0.5) is 34.1 Å². The number of carboxylic acid groups (broad SMARTS) is 1. The van der Waals surface area contributed by atoms with Gasteiger partial charge in [-0.1, -0.05) is 179 Å². The highest BCUT2D eigenvalue weighted by molar-refractivity contribution is 9.10. The number of nitrogens with one attached hydrogen (secondary N) is 6. The normalized spacial score (nSPS) is 11.8. The minimum atomic E-state index is -1.19. The number of fused-ring (bicyclic) bond motifs is 8. The molecule has 1 aliphatic rings. The number of nitrogens with two attached hydrogens (primary N) is 3. The van der Waals surface area contributed by atoms with Crippen LogP contribution in [0.2, 0.25) is 10.0 Å². The standard InChI is InChI=1S/C32H26ClN5O3.C30H22BrN5O3.C27H24ClN5O3.C21H19N3O4/c33-22-13-14-27-25(18-22)28(38-31(40)24-11-4-5-12-26(24)36-32(38)41)29(37(27)19-21-9-6-10-23(34)17-21)30(39)35-16-15-20-7-2-1-3-8-20;31-19-13-14-25-23(16-19)26(36-29(38)22-11-4-5-12-24(22)34-30(36)39)27(28(37)33-21-9-2-1-3-10-21)35(25)17-18-7-6-8-20(32)15-18;1-15(2)30-25(34)24-23(33-26(35)19-8-3-4-9-21(19)31-27(33)36)20-13-17(28)10-11-22(20)32(24)14-16-6-5-7-18(29)12-16;1-22(2)13-8-9-16-15(11-13)18(19(21(27)28)23(16)3)24-17(25)10-12-6-4-5-7-14(12)20(24)26/h1-14,17-18H,15-16,19,34H2,(H,35,39)(H,36,41);1-16H,17,32H2,(H,33,37)(H,34,39);3-13,15H,14,29H2,1-2H3,(H,30,34)(H,31,36);4-9,11H,10H2,1-3H3,(H,27,28). The molecule has 8 heterocycles. The van der Waals surface area contributed by atoms with Crippen molar-refractivity contribution in [3.05, 3.63) is 437 Å². The van der Waals surface area contributed by atoms with Gasteiger partial charge in [-0.3, -0.25) is 38.4 Å². The summed E-state index contributed by atoms with van der Waals surface area (Å²) in [5.74, 6) is -3.44. The third-order valence-corrected chi connectivity index (χ3v) is 25.7. The fraction of sp³-hybridized carbons (Fsp3) is 0.109. The number of H-pyrrole nitrogens is 3. The van der Waals surface area contributed by atoms with E-state index in [4.69, 9.17) is 40.4 Å². The van der Waals surface area contributed by atoms with Crippen molar-refractivity contribution >= 4 is 185 Å². The third-order valence-electron chi connectivity index (χ3n) is 24.7. The van der Waals surface area contributed by atoms with E-state index in [-0.39, 0.29) is 77.6 Å². The summed E-state index contributed by atoms with van der Waals surface area (Å²) in [6.45, 7) is 4.87. The fourth-order valence-electron chi connectivity index (χ4n) is 18.3. The lowest BCUT2D eigenvalue weighted by atomic mass is 9.97. The molecule has 0 aliphatic carbocycles. The maximum absolute atomic E-state index is 14.0. The molecule has 34 heteroatoms. The van der Waals surface area contributed by atoms with Crippen LogP contribution in [0.3, 0.4) is 0 Å². The Balaban J connectivity index is 0.000000127. The number of carbonyl (C=O) groups excluding carboxylic acids is 5. The molecular formula is C110H91BrCl2N18O13. The van der Waals surface area contributed by atoms with Crippen molar-refractivity contribution in [1.29, 1.82) is 0 Å². The number of hydrogen-bond donors (Lipinski definition) is 10. The summed E-state index contributed by atoms with van der Waals surface area (Å²) in [7, 11) is 5.36. The largest absolute Gasteiger partial charge is 0.477 e. The van der Waals surface area contributed by atoms with Gasteiger partial charge in [0, 0.05) is 123 Å².